The van der Waals surface area contributed by atoms with E-state index in [-0.39, 0.29) is 0 Å². The Balaban J connectivity index is 2.61. The minimum Gasteiger partial charge on any atom is -0.330 e. The van der Waals surface area contributed by atoms with Crippen LogP contribution in [0.15, 0.2) is 6.33 Å². The van der Waals surface area contributed by atoms with Gasteiger partial charge in [-0.1, -0.05) is 6.92 Å². The second kappa shape index (κ2) is 4.21. The van der Waals surface area contributed by atoms with Crippen molar-refractivity contribution < 1.29 is 0 Å². The third-order valence-corrected chi connectivity index (χ3v) is 1.93. The number of rotatable bonds is 4. The zero-order chi connectivity index (χ0) is 8.97. The topological polar surface area (TPSA) is 56.7 Å². The van der Waals surface area contributed by atoms with Gasteiger partial charge in [0, 0.05) is 13.0 Å². The molecule has 4 nitrogen and oxygen atoms in total. The predicted molar refractivity (Wildman–Crippen MR) is 47.6 cm³/mol. The monoisotopic (exact) mass is 168 g/mol. The summed E-state index contributed by atoms with van der Waals surface area (Å²) < 4.78 is 1.91. The molecule has 1 rings (SSSR count). The van der Waals surface area contributed by atoms with E-state index in [1.165, 1.54) is 0 Å². The van der Waals surface area contributed by atoms with Gasteiger partial charge in [-0.3, -0.25) is 4.68 Å². The van der Waals surface area contributed by atoms with Crippen LogP contribution in [0.5, 0.6) is 0 Å². The van der Waals surface area contributed by atoms with Crippen LogP contribution in [0.4, 0.5) is 0 Å². The Labute approximate surface area is 72.8 Å². The normalized spacial score (nSPS) is 13.2. The lowest BCUT2D eigenvalue weighted by Gasteiger charge is -2.07. The summed E-state index contributed by atoms with van der Waals surface area (Å²) in [6.07, 6.45) is 2.52. The standard InChI is InChI=1S/C8H16N4/c1-3-12-8(10-6-11-12)4-7(2)5-9/h6-7H,3-5,9H2,1-2H3. The number of nitrogens with zero attached hydrogens (tertiary/aromatic N) is 3. The van der Waals surface area contributed by atoms with Crippen molar-refractivity contribution in [3.8, 4) is 0 Å². The molecule has 1 unspecified atom stereocenters. The smallest absolute Gasteiger partial charge is 0.138 e. The molecule has 0 saturated carbocycles. The van der Waals surface area contributed by atoms with E-state index < -0.39 is 0 Å². The van der Waals surface area contributed by atoms with E-state index in [2.05, 4.69) is 23.9 Å². The molecule has 0 bridgehead atoms. The first-order chi connectivity index (χ1) is 5.77. The molecule has 0 saturated heterocycles. The molecule has 0 aliphatic heterocycles. The van der Waals surface area contributed by atoms with Gasteiger partial charge in [0.05, 0.1) is 0 Å². The van der Waals surface area contributed by atoms with Crippen LogP contribution in [0.3, 0.4) is 0 Å². The fraction of sp³-hybridized carbons (Fsp3) is 0.750. The molecule has 2 N–H and O–H groups in total. The van der Waals surface area contributed by atoms with Crippen molar-refractivity contribution in [2.45, 2.75) is 26.8 Å². The van der Waals surface area contributed by atoms with Gasteiger partial charge in [-0.15, -0.1) is 0 Å². The van der Waals surface area contributed by atoms with Gasteiger partial charge < -0.3 is 5.73 Å². The Morgan fingerprint density at radius 3 is 3.00 bits per heavy atom. The molecule has 1 aromatic heterocycles. The molecule has 68 valence electrons. The molecule has 0 fully saturated rings. The summed E-state index contributed by atoms with van der Waals surface area (Å²) in [5, 5.41) is 4.09. The lowest BCUT2D eigenvalue weighted by atomic mass is 10.1. The van der Waals surface area contributed by atoms with Gasteiger partial charge in [0.1, 0.15) is 12.2 Å². The maximum absolute atomic E-state index is 5.52. The summed E-state index contributed by atoms with van der Waals surface area (Å²) in [7, 11) is 0. The lowest BCUT2D eigenvalue weighted by Crippen LogP contribution is -2.16. The van der Waals surface area contributed by atoms with Gasteiger partial charge in [-0.05, 0) is 19.4 Å². The summed E-state index contributed by atoms with van der Waals surface area (Å²) >= 11 is 0. The van der Waals surface area contributed by atoms with E-state index in [0.29, 0.717) is 12.5 Å². The fourth-order valence-corrected chi connectivity index (χ4v) is 1.11. The zero-order valence-corrected chi connectivity index (χ0v) is 7.70. The van der Waals surface area contributed by atoms with Crippen molar-refractivity contribution in [1.29, 1.82) is 0 Å². The third kappa shape index (κ3) is 2.04. The SMILES string of the molecule is CCn1ncnc1CC(C)CN. The van der Waals surface area contributed by atoms with E-state index in [0.717, 1.165) is 18.8 Å². The first-order valence-corrected chi connectivity index (χ1v) is 4.34. The molecular formula is C8H16N4. The van der Waals surface area contributed by atoms with Crippen LogP contribution in [0.1, 0.15) is 19.7 Å². The average Bonchev–Trinajstić information content (AvgIpc) is 2.51. The molecule has 0 aliphatic rings. The minimum atomic E-state index is 0.486. The number of hydrogen-bond acceptors (Lipinski definition) is 3. The molecule has 0 aromatic carbocycles. The maximum Gasteiger partial charge on any atom is 0.138 e. The Kier molecular flexibility index (Phi) is 3.22. The van der Waals surface area contributed by atoms with Crippen molar-refractivity contribution >= 4 is 0 Å². The van der Waals surface area contributed by atoms with Crippen LogP contribution in [0.2, 0.25) is 0 Å². The van der Waals surface area contributed by atoms with Crippen LogP contribution >= 0.6 is 0 Å². The Morgan fingerprint density at radius 2 is 2.42 bits per heavy atom. The highest BCUT2D eigenvalue weighted by molar-refractivity contribution is 4.86. The van der Waals surface area contributed by atoms with Gasteiger partial charge in [0.25, 0.3) is 0 Å². The van der Waals surface area contributed by atoms with Gasteiger partial charge >= 0.3 is 0 Å². The first kappa shape index (κ1) is 9.19. The molecule has 1 atom stereocenters. The van der Waals surface area contributed by atoms with Crippen LogP contribution in [-0.4, -0.2) is 21.3 Å². The van der Waals surface area contributed by atoms with Crippen molar-refractivity contribution in [1.82, 2.24) is 14.8 Å². The minimum absolute atomic E-state index is 0.486. The van der Waals surface area contributed by atoms with Crippen LogP contribution < -0.4 is 5.73 Å². The van der Waals surface area contributed by atoms with Gasteiger partial charge in [0.15, 0.2) is 0 Å². The molecule has 0 aliphatic carbocycles. The quantitative estimate of drug-likeness (QED) is 0.709. The van der Waals surface area contributed by atoms with Gasteiger partial charge in [-0.25, -0.2) is 4.98 Å². The maximum atomic E-state index is 5.52. The van der Waals surface area contributed by atoms with Crippen LogP contribution in [-0.2, 0) is 13.0 Å². The molecule has 12 heavy (non-hydrogen) atoms. The highest BCUT2D eigenvalue weighted by atomic mass is 15.3. The highest BCUT2D eigenvalue weighted by Crippen LogP contribution is 2.03. The van der Waals surface area contributed by atoms with Crippen molar-refractivity contribution in [2.24, 2.45) is 11.7 Å². The van der Waals surface area contributed by atoms with E-state index >= 15 is 0 Å². The number of nitrogens with two attached hydrogens (primary N) is 1. The third-order valence-electron chi connectivity index (χ3n) is 1.93. The predicted octanol–water partition coefficient (Wildman–Crippen LogP) is 0.435. The highest BCUT2D eigenvalue weighted by Gasteiger charge is 2.06. The van der Waals surface area contributed by atoms with E-state index in [1.54, 1.807) is 6.33 Å². The second-order valence-electron chi connectivity index (χ2n) is 3.04. The van der Waals surface area contributed by atoms with Crippen molar-refractivity contribution in [2.75, 3.05) is 6.54 Å². The van der Waals surface area contributed by atoms with Crippen LogP contribution in [0, 0.1) is 5.92 Å². The lowest BCUT2D eigenvalue weighted by molar-refractivity contribution is 0.529. The molecule has 0 spiro atoms. The van der Waals surface area contributed by atoms with Gasteiger partial charge in [-0.2, -0.15) is 5.10 Å². The van der Waals surface area contributed by atoms with E-state index in [4.69, 9.17) is 5.73 Å². The summed E-state index contributed by atoms with van der Waals surface area (Å²) in [6, 6.07) is 0. The van der Waals surface area contributed by atoms with Crippen LogP contribution in [0.25, 0.3) is 0 Å². The summed E-state index contributed by atoms with van der Waals surface area (Å²) in [6.45, 7) is 5.77. The molecule has 4 heteroatoms. The second-order valence-corrected chi connectivity index (χ2v) is 3.04. The zero-order valence-electron chi connectivity index (χ0n) is 7.70. The van der Waals surface area contributed by atoms with E-state index in [1.807, 2.05) is 4.68 Å². The van der Waals surface area contributed by atoms with Crippen molar-refractivity contribution in [3.05, 3.63) is 12.2 Å². The summed E-state index contributed by atoms with van der Waals surface area (Å²) in [5.74, 6) is 1.52. The number of hydrogen-bond donors (Lipinski definition) is 1. The molecule has 0 amide bonds. The average molecular weight is 168 g/mol. The Bertz CT molecular complexity index is 231. The largest absolute Gasteiger partial charge is 0.330 e. The molecule has 1 heterocycles. The van der Waals surface area contributed by atoms with Gasteiger partial charge in [0.2, 0.25) is 0 Å². The molecule has 0 radical (unpaired) electrons. The Hall–Kier alpha value is -0.900. The summed E-state index contributed by atoms with van der Waals surface area (Å²) in [5.41, 5.74) is 5.52. The molecular weight excluding hydrogens is 152 g/mol. The van der Waals surface area contributed by atoms with E-state index in [9.17, 15) is 0 Å². The molecule has 1 aromatic rings. The van der Waals surface area contributed by atoms with Crippen molar-refractivity contribution in [3.63, 3.8) is 0 Å². The fourth-order valence-electron chi connectivity index (χ4n) is 1.11. The number of aryl methyl sites for hydroxylation is 1. The summed E-state index contributed by atoms with van der Waals surface area (Å²) in [4.78, 5) is 4.17. The Morgan fingerprint density at radius 1 is 1.67 bits per heavy atom. The first-order valence-electron chi connectivity index (χ1n) is 4.34. The number of aromatic nitrogens is 3.